The lowest BCUT2D eigenvalue weighted by molar-refractivity contribution is -0.0502. The van der Waals surface area contributed by atoms with Gasteiger partial charge in [0, 0.05) is 31.9 Å². The first kappa shape index (κ1) is 17.1. The van der Waals surface area contributed by atoms with E-state index in [9.17, 15) is 18.0 Å². The second-order valence-corrected chi connectivity index (χ2v) is 5.63. The van der Waals surface area contributed by atoms with Gasteiger partial charge in [0.1, 0.15) is 11.6 Å². The van der Waals surface area contributed by atoms with Gasteiger partial charge >= 0.3 is 6.61 Å². The molecule has 132 valence electrons. The number of carbonyl (C=O) groups excluding carboxylic acids is 1. The van der Waals surface area contributed by atoms with Gasteiger partial charge in [0.2, 0.25) is 0 Å². The Bertz CT molecular complexity index is 729. The highest BCUT2D eigenvalue weighted by atomic mass is 19.3. The van der Waals surface area contributed by atoms with Crippen LogP contribution in [0.5, 0.6) is 5.75 Å². The Morgan fingerprint density at radius 2 is 1.60 bits per heavy atom. The summed E-state index contributed by atoms with van der Waals surface area (Å²) in [4.78, 5) is 16.3. The van der Waals surface area contributed by atoms with E-state index in [0.29, 0.717) is 26.2 Å². The molecule has 3 rings (SSSR count). The van der Waals surface area contributed by atoms with Crippen molar-refractivity contribution in [1.82, 2.24) is 4.90 Å². The zero-order valence-electron chi connectivity index (χ0n) is 13.4. The molecule has 1 aliphatic heterocycles. The van der Waals surface area contributed by atoms with Crippen molar-refractivity contribution in [1.29, 1.82) is 0 Å². The molecule has 0 aliphatic carbocycles. The van der Waals surface area contributed by atoms with Crippen molar-refractivity contribution < 1.29 is 22.7 Å². The van der Waals surface area contributed by atoms with E-state index >= 15 is 0 Å². The summed E-state index contributed by atoms with van der Waals surface area (Å²) in [5, 5.41) is 0. The van der Waals surface area contributed by atoms with Crippen LogP contribution in [0.25, 0.3) is 0 Å². The summed E-state index contributed by atoms with van der Waals surface area (Å²) in [5.41, 5.74) is 1.01. The second-order valence-electron chi connectivity index (χ2n) is 5.63. The molecule has 2 aromatic carbocycles. The number of hydrogen-bond donors (Lipinski definition) is 0. The number of rotatable bonds is 4. The van der Waals surface area contributed by atoms with Crippen LogP contribution in [0.4, 0.5) is 18.9 Å². The molecule has 4 nitrogen and oxygen atoms in total. The van der Waals surface area contributed by atoms with E-state index in [1.165, 1.54) is 24.3 Å². The summed E-state index contributed by atoms with van der Waals surface area (Å²) in [6, 6.07) is 12.2. The molecule has 7 heteroatoms. The van der Waals surface area contributed by atoms with Crippen molar-refractivity contribution in [3.05, 3.63) is 59.9 Å². The third-order valence-corrected chi connectivity index (χ3v) is 4.09. The standard InChI is InChI=1S/C18H17F3N2O2/c19-13-5-7-14(8-6-13)22-9-11-23(12-10-22)17(24)15-3-1-2-4-16(15)25-18(20)21/h1-8,18H,9-12H2. The van der Waals surface area contributed by atoms with E-state index in [2.05, 4.69) is 4.74 Å². The first-order chi connectivity index (χ1) is 12.0. The van der Waals surface area contributed by atoms with E-state index in [1.54, 1.807) is 29.2 Å². The number of amides is 1. The maximum Gasteiger partial charge on any atom is 0.387 e. The molecule has 0 unspecified atom stereocenters. The normalized spacial score (nSPS) is 14.7. The Balaban J connectivity index is 1.67. The van der Waals surface area contributed by atoms with Gasteiger partial charge in [0.05, 0.1) is 5.56 Å². The Morgan fingerprint density at radius 3 is 2.24 bits per heavy atom. The van der Waals surface area contributed by atoms with Crippen LogP contribution in [0.2, 0.25) is 0 Å². The number of nitrogens with zero attached hydrogens (tertiary/aromatic N) is 2. The minimum absolute atomic E-state index is 0.122. The van der Waals surface area contributed by atoms with Gasteiger partial charge in [-0.05, 0) is 36.4 Å². The van der Waals surface area contributed by atoms with Gasteiger partial charge in [0.25, 0.3) is 5.91 Å². The lowest BCUT2D eigenvalue weighted by Crippen LogP contribution is -2.48. The molecule has 1 fully saturated rings. The number of alkyl halides is 2. The Morgan fingerprint density at radius 1 is 0.960 bits per heavy atom. The molecule has 1 saturated heterocycles. The van der Waals surface area contributed by atoms with Crippen LogP contribution in [0, 0.1) is 5.82 Å². The zero-order chi connectivity index (χ0) is 17.8. The molecule has 0 spiro atoms. The predicted molar refractivity (Wildman–Crippen MR) is 87.6 cm³/mol. The predicted octanol–water partition coefficient (Wildman–Crippen LogP) is 3.39. The second kappa shape index (κ2) is 7.46. The Hall–Kier alpha value is -2.70. The average Bonchev–Trinajstić information content (AvgIpc) is 2.62. The number of hydrogen-bond acceptors (Lipinski definition) is 3. The van der Waals surface area contributed by atoms with E-state index in [4.69, 9.17) is 0 Å². The van der Waals surface area contributed by atoms with E-state index in [1.807, 2.05) is 4.90 Å². The number of halogens is 3. The Labute approximate surface area is 143 Å². The third-order valence-electron chi connectivity index (χ3n) is 4.09. The van der Waals surface area contributed by atoms with Gasteiger partial charge in [-0.15, -0.1) is 0 Å². The van der Waals surface area contributed by atoms with Crippen molar-refractivity contribution in [3.63, 3.8) is 0 Å². The van der Waals surface area contributed by atoms with Crippen LogP contribution in [-0.2, 0) is 0 Å². The minimum Gasteiger partial charge on any atom is -0.434 e. The largest absolute Gasteiger partial charge is 0.434 e. The topological polar surface area (TPSA) is 32.8 Å². The lowest BCUT2D eigenvalue weighted by atomic mass is 10.1. The highest BCUT2D eigenvalue weighted by Gasteiger charge is 2.25. The molecule has 25 heavy (non-hydrogen) atoms. The maximum atomic E-state index is 13.0. The van der Waals surface area contributed by atoms with Crippen molar-refractivity contribution in [2.24, 2.45) is 0 Å². The Kier molecular flexibility index (Phi) is 5.11. The van der Waals surface area contributed by atoms with Crippen molar-refractivity contribution >= 4 is 11.6 Å². The maximum absolute atomic E-state index is 13.0. The molecule has 0 radical (unpaired) electrons. The molecule has 1 aliphatic rings. The fourth-order valence-electron chi connectivity index (χ4n) is 2.83. The van der Waals surface area contributed by atoms with Crippen LogP contribution in [0.3, 0.4) is 0 Å². The first-order valence-electron chi connectivity index (χ1n) is 7.88. The fraction of sp³-hybridized carbons (Fsp3) is 0.278. The summed E-state index contributed by atoms with van der Waals surface area (Å²) in [6.45, 7) is -0.938. The molecule has 0 atom stereocenters. The van der Waals surface area contributed by atoms with Gasteiger partial charge in [-0.3, -0.25) is 4.79 Å². The number of benzene rings is 2. The molecule has 0 aromatic heterocycles. The number of carbonyl (C=O) groups is 1. The van der Waals surface area contributed by atoms with Gasteiger partial charge in [0.15, 0.2) is 0 Å². The molecular formula is C18H17F3N2O2. The minimum atomic E-state index is -2.98. The monoisotopic (exact) mass is 350 g/mol. The van der Waals surface area contributed by atoms with Crippen molar-refractivity contribution in [2.45, 2.75) is 6.61 Å². The van der Waals surface area contributed by atoms with Crippen LogP contribution in [0.15, 0.2) is 48.5 Å². The van der Waals surface area contributed by atoms with E-state index in [-0.39, 0.29) is 23.0 Å². The summed E-state index contributed by atoms with van der Waals surface area (Å²) in [7, 11) is 0. The quantitative estimate of drug-likeness (QED) is 0.847. The summed E-state index contributed by atoms with van der Waals surface area (Å²) < 4.78 is 42.4. The number of anilines is 1. The highest BCUT2D eigenvalue weighted by Crippen LogP contribution is 2.23. The van der Waals surface area contributed by atoms with E-state index in [0.717, 1.165) is 5.69 Å². The number of para-hydroxylation sites is 1. The van der Waals surface area contributed by atoms with Gasteiger partial charge in [-0.2, -0.15) is 8.78 Å². The lowest BCUT2D eigenvalue weighted by Gasteiger charge is -2.36. The molecule has 1 heterocycles. The van der Waals surface area contributed by atoms with Crippen molar-refractivity contribution in [2.75, 3.05) is 31.1 Å². The third kappa shape index (κ3) is 4.04. The van der Waals surface area contributed by atoms with Crippen molar-refractivity contribution in [3.8, 4) is 5.75 Å². The first-order valence-corrected chi connectivity index (χ1v) is 7.88. The SMILES string of the molecule is O=C(c1ccccc1OC(F)F)N1CCN(c2ccc(F)cc2)CC1. The molecule has 2 aromatic rings. The molecular weight excluding hydrogens is 333 g/mol. The van der Waals surface area contributed by atoms with Crippen LogP contribution in [-0.4, -0.2) is 43.6 Å². The summed E-state index contributed by atoms with van der Waals surface area (Å²) in [6.07, 6.45) is 0. The zero-order valence-corrected chi connectivity index (χ0v) is 13.4. The number of ether oxygens (including phenoxy) is 1. The summed E-state index contributed by atoms with van der Waals surface area (Å²) >= 11 is 0. The molecule has 0 saturated carbocycles. The highest BCUT2D eigenvalue weighted by molar-refractivity contribution is 5.97. The van der Waals surface area contributed by atoms with Gasteiger partial charge < -0.3 is 14.5 Å². The molecule has 0 bridgehead atoms. The van der Waals surface area contributed by atoms with Crippen LogP contribution >= 0.6 is 0 Å². The summed E-state index contributed by atoms with van der Waals surface area (Å²) in [5.74, 6) is -0.758. The molecule has 0 N–H and O–H groups in total. The molecule has 1 amide bonds. The van der Waals surface area contributed by atoms with Crippen LogP contribution in [0.1, 0.15) is 10.4 Å². The van der Waals surface area contributed by atoms with Gasteiger partial charge in [-0.25, -0.2) is 4.39 Å². The van der Waals surface area contributed by atoms with Gasteiger partial charge in [-0.1, -0.05) is 12.1 Å². The van der Waals surface area contributed by atoms with Crippen LogP contribution < -0.4 is 9.64 Å². The smallest absolute Gasteiger partial charge is 0.387 e. The average molecular weight is 350 g/mol. The number of piperazine rings is 1. The fourth-order valence-corrected chi connectivity index (χ4v) is 2.83. The van der Waals surface area contributed by atoms with E-state index < -0.39 is 6.61 Å².